The number of benzene rings is 1. The summed E-state index contributed by atoms with van der Waals surface area (Å²) in [4.78, 5) is 24.7. The van der Waals surface area contributed by atoms with E-state index in [1.54, 1.807) is 21.1 Å². The van der Waals surface area contributed by atoms with Crippen LogP contribution in [0, 0.1) is 6.92 Å². The van der Waals surface area contributed by atoms with E-state index in [2.05, 4.69) is 11.5 Å². The summed E-state index contributed by atoms with van der Waals surface area (Å²) >= 11 is 0. The Morgan fingerprint density at radius 3 is 2.40 bits per heavy atom. The van der Waals surface area contributed by atoms with Crippen molar-refractivity contribution in [1.82, 2.24) is 4.57 Å². The summed E-state index contributed by atoms with van der Waals surface area (Å²) in [6.45, 7) is 6.10. The minimum Gasteiger partial charge on any atom is -0.493 e. The van der Waals surface area contributed by atoms with Crippen molar-refractivity contribution in [2.75, 3.05) is 27.9 Å². The van der Waals surface area contributed by atoms with Crippen LogP contribution in [0.1, 0.15) is 53.5 Å². The molecule has 0 saturated carbocycles. The fourth-order valence-electron chi connectivity index (χ4n) is 4.31. The zero-order valence-corrected chi connectivity index (χ0v) is 18.5. The van der Waals surface area contributed by atoms with E-state index in [9.17, 15) is 9.59 Å². The van der Waals surface area contributed by atoms with Gasteiger partial charge in [-0.1, -0.05) is 0 Å². The van der Waals surface area contributed by atoms with Crippen LogP contribution in [0.5, 0.6) is 11.5 Å². The maximum absolute atomic E-state index is 13.0. The Kier molecular flexibility index (Phi) is 6.39. The van der Waals surface area contributed by atoms with E-state index in [1.807, 2.05) is 19.1 Å². The predicted molar refractivity (Wildman–Crippen MR) is 112 cm³/mol. The molecule has 1 aromatic carbocycles. The molecule has 1 atom stereocenters. The second-order valence-electron chi connectivity index (χ2n) is 7.38. The molecule has 162 valence electrons. The van der Waals surface area contributed by atoms with Crippen LogP contribution < -0.4 is 9.47 Å². The molecular formula is C23H29NO6. The summed E-state index contributed by atoms with van der Waals surface area (Å²) in [5.41, 5.74) is 5.13. The van der Waals surface area contributed by atoms with Crippen LogP contribution in [0.2, 0.25) is 0 Å². The van der Waals surface area contributed by atoms with Gasteiger partial charge in [0.05, 0.1) is 45.6 Å². The van der Waals surface area contributed by atoms with Gasteiger partial charge in [0, 0.05) is 17.3 Å². The van der Waals surface area contributed by atoms with Crippen molar-refractivity contribution >= 4 is 11.9 Å². The molecule has 1 aliphatic heterocycles. The summed E-state index contributed by atoms with van der Waals surface area (Å²) in [6.07, 6.45) is 1.50. The first kappa shape index (κ1) is 21.7. The van der Waals surface area contributed by atoms with Crippen molar-refractivity contribution in [2.45, 2.75) is 46.1 Å². The van der Waals surface area contributed by atoms with Gasteiger partial charge in [0.2, 0.25) is 0 Å². The summed E-state index contributed by atoms with van der Waals surface area (Å²) in [6, 6.07) is 3.98. The van der Waals surface area contributed by atoms with E-state index in [1.165, 1.54) is 7.11 Å². The molecule has 0 N–H and O–H groups in total. The van der Waals surface area contributed by atoms with Crippen molar-refractivity contribution < 1.29 is 28.5 Å². The first-order valence-electron chi connectivity index (χ1n) is 10.1. The molecule has 0 bridgehead atoms. The Morgan fingerprint density at radius 2 is 1.80 bits per heavy atom. The van der Waals surface area contributed by atoms with Crippen LogP contribution in [0.3, 0.4) is 0 Å². The number of hydrogen-bond acceptors (Lipinski definition) is 6. The van der Waals surface area contributed by atoms with Gasteiger partial charge < -0.3 is 23.5 Å². The van der Waals surface area contributed by atoms with Gasteiger partial charge in [-0.05, 0) is 56.9 Å². The first-order chi connectivity index (χ1) is 14.4. The Morgan fingerprint density at radius 1 is 1.13 bits per heavy atom. The number of rotatable bonds is 7. The molecular weight excluding hydrogens is 386 g/mol. The van der Waals surface area contributed by atoms with Crippen LogP contribution in [0.25, 0.3) is 11.3 Å². The van der Waals surface area contributed by atoms with Crippen LogP contribution in [-0.2, 0) is 27.1 Å². The van der Waals surface area contributed by atoms with Gasteiger partial charge in [0.1, 0.15) is 0 Å². The number of hydrogen-bond donors (Lipinski definition) is 0. The number of nitrogens with zero attached hydrogens (tertiary/aromatic N) is 1. The molecule has 0 amide bonds. The number of aromatic nitrogens is 1. The van der Waals surface area contributed by atoms with Gasteiger partial charge >= 0.3 is 11.9 Å². The predicted octanol–water partition coefficient (Wildman–Crippen LogP) is 3.88. The highest BCUT2D eigenvalue weighted by atomic mass is 16.5. The number of methoxy groups -OCH3 is 3. The molecule has 1 aromatic heterocycles. The average Bonchev–Trinajstić information content (AvgIpc) is 3.04. The number of ether oxygens (including phenoxy) is 4. The highest BCUT2D eigenvalue weighted by Gasteiger charge is 2.34. The zero-order valence-electron chi connectivity index (χ0n) is 18.5. The lowest BCUT2D eigenvalue weighted by atomic mass is 9.92. The third kappa shape index (κ3) is 3.64. The zero-order chi connectivity index (χ0) is 22.0. The largest absolute Gasteiger partial charge is 0.493 e. The van der Waals surface area contributed by atoms with E-state index >= 15 is 0 Å². The normalized spacial score (nSPS) is 14.5. The van der Waals surface area contributed by atoms with E-state index in [0.29, 0.717) is 23.5 Å². The van der Waals surface area contributed by atoms with E-state index in [0.717, 1.165) is 34.5 Å². The molecule has 30 heavy (non-hydrogen) atoms. The monoisotopic (exact) mass is 415 g/mol. The molecule has 0 saturated heterocycles. The third-order valence-electron chi connectivity index (χ3n) is 5.67. The third-order valence-corrected chi connectivity index (χ3v) is 5.67. The van der Waals surface area contributed by atoms with Crippen LogP contribution in [-0.4, -0.2) is 44.4 Å². The van der Waals surface area contributed by atoms with Crippen molar-refractivity contribution in [2.24, 2.45) is 0 Å². The van der Waals surface area contributed by atoms with Crippen molar-refractivity contribution in [3.8, 4) is 22.8 Å². The van der Waals surface area contributed by atoms with Crippen molar-refractivity contribution in [3.63, 3.8) is 0 Å². The van der Waals surface area contributed by atoms with Gasteiger partial charge in [0.15, 0.2) is 11.5 Å². The quantitative estimate of drug-likeness (QED) is 0.639. The molecule has 0 spiro atoms. The standard InChI is InChI=1S/C23H29NO6/c1-7-30-23(26)21-14(3)17(8-9-20(25)29-6)24-13(2)10-15-11-18(27-4)19(28-5)12-16(15)22(21)24/h11-13H,7-10H2,1-6H3. The molecule has 0 fully saturated rings. The number of esters is 2. The van der Waals surface area contributed by atoms with E-state index in [4.69, 9.17) is 18.9 Å². The van der Waals surface area contributed by atoms with Crippen LogP contribution in [0.15, 0.2) is 12.1 Å². The van der Waals surface area contributed by atoms with E-state index < -0.39 is 0 Å². The molecule has 7 nitrogen and oxygen atoms in total. The first-order valence-corrected chi connectivity index (χ1v) is 10.1. The lowest BCUT2D eigenvalue weighted by molar-refractivity contribution is -0.140. The summed E-state index contributed by atoms with van der Waals surface area (Å²) in [7, 11) is 4.58. The topological polar surface area (TPSA) is 76.0 Å². The lowest BCUT2D eigenvalue weighted by Gasteiger charge is -2.29. The van der Waals surface area contributed by atoms with Crippen molar-refractivity contribution in [1.29, 1.82) is 0 Å². The molecule has 0 radical (unpaired) electrons. The molecule has 2 heterocycles. The highest BCUT2D eigenvalue weighted by Crippen LogP contribution is 2.45. The molecule has 2 aromatic rings. The SMILES string of the molecule is CCOC(=O)c1c(C)c(CCC(=O)OC)n2c1-c1cc(OC)c(OC)cc1CC2C. The Hall–Kier alpha value is -2.96. The number of fused-ring (bicyclic) bond motifs is 3. The Balaban J connectivity index is 2.26. The molecule has 7 heteroatoms. The second-order valence-corrected chi connectivity index (χ2v) is 7.38. The van der Waals surface area contributed by atoms with Gasteiger partial charge in [0.25, 0.3) is 0 Å². The molecule has 1 unspecified atom stereocenters. The second kappa shape index (κ2) is 8.81. The van der Waals surface area contributed by atoms with Crippen LogP contribution in [0.4, 0.5) is 0 Å². The smallest absolute Gasteiger partial charge is 0.340 e. The maximum atomic E-state index is 13.0. The Labute approximate surface area is 176 Å². The number of carbonyl (C=O) groups excluding carboxylic acids is 2. The molecule has 0 aliphatic carbocycles. The van der Waals surface area contributed by atoms with E-state index in [-0.39, 0.29) is 31.0 Å². The minimum atomic E-state index is -0.363. The van der Waals surface area contributed by atoms with Gasteiger partial charge in [-0.15, -0.1) is 0 Å². The lowest BCUT2D eigenvalue weighted by Crippen LogP contribution is -2.20. The fourth-order valence-corrected chi connectivity index (χ4v) is 4.31. The minimum absolute atomic E-state index is 0.0973. The average molecular weight is 415 g/mol. The van der Waals surface area contributed by atoms with Gasteiger partial charge in [-0.2, -0.15) is 0 Å². The van der Waals surface area contributed by atoms with Crippen LogP contribution >= 0.6 is 0 Å². The summed E-state index contributed by atoms with van der Waals surface area (Å²) in [5.74, 6) is 0.613. The summed E-state index contributed by atoms with van der Waals surface area (Å²) in [5, 5.41) is 0. The van der Waals surface area contributed by atoms with Gasteiger partial charge in [-0.25, -0.2) is 4.79 Å². The summed E-state index contributed by atoms with van der Waals surface area (Å²) < 4.78 is 23.4. The fraction of sp³-hybridized carbons (Fsp3) is 0.478. The van der Waals surface area contributed by atoms with Crippen molar-refractivity contribution in [3.05, 3.63) is 34.5 Å². The Bertz CT molecular complexity index is 975. The van der Waals surface area contributed by atoms with Gasteiger partial charge in [-0.3, -0.25) is 4.79 Å². The molecule has 1 aliphatic rings. The molecule has 3 rings (SSSR count). The maximum Gasteiger partial charge on any atom is 0.340 e. The highest BCUT2D eigenvalue weighted by molar-refractivity contribution is 6.00. The number of carbonyl (C=O) groups is 2.